The number of H-pyrrole nitrogens is 1. The molecule has 2 fully saturated rings. The van der Waals surface area contributed by atoms with Crippen molar-refractivity contribution in [3.63, 3.8) is 0 Å². The summed E-state index contributed by atoms with van der Waals surface area (Å²) in [6.07, 6.45) is 4.23. The summed E-state index contributed by atoms with van der Waals surface area (Å²) in [4.78, 5) is 25.5. The van der Waals surface area contributed by atoms with E-state index in [1.165, 1.54) is 18.5 Å². The maximum Gasteiger partial charge on any atom is 0.256 e. The van der Waals surface area contributed by atoms with Gasteiger partial charge in [-0.05, 0) is 50.7 Å². The Balaban J connectivity index is 1.33. The molecule has 2 aliphatic rings. The largest absolute Gasteiger partial charge is 0.369 e. The molecular weight excluding hydrogens is 376 g/mol. The number of rotatable bonds is 4. The third kappa shape index (κ3) is 3.78. The predicted molar refractivity (Wildman–Crippen MR) is 120 cm³/mol. The molecule has 0 saturated carbocycles. The lowest BCUT2D eigenvalue weighted by Gasteiger charge is -2.29. The van der Waals surface area contributed by atoms with Crippen LogP contribution in [0.25, 0.3) is 10.9 Å². The Morgan fingerprint density at radius 3 is 2.83 bits per heavy atom. The molecule has 4 heterocycles. The van der Waals surface area contributed by atoms with Gasteiger partial charge >= 0.3 is 0 Å². The lowest BCUT2D eigenvalue weighted by Crippen LogP contribution is -2.43. The summed E-state index contributed by atoms with van der Waals surface area (Å²) in [6, 6.07) is 12.3. The van der Waals surface area contributed by atoms with Gasteiger partial charge in [0.05, 0.1) is 5.52 Å². The molecule has 2 aliphatic heterocycles. The van der Waals surface area contributed by atoms with E-state index < -0.39 is 0 Å². The van der Waals surface area contributed by atoms with E-state index in [1.54, 1.807) is 0 Å². The number of aromatic nitrogens is 2. The van der Waals surface area contributed by atoms with Crippen LogP contribution < -0.4 is 15.5 Å². The molecule has 7 nitrogen and oxygen atoms in total. The fourth-order valence-corrected chi connectivity index (χ4v) is 4.55. The van der Waals surface area contributed by atoms with Crippen LogP contribution in [0.2, 0.25) is 0 Å². The van der Waals surface area contributed by atoms with E-state index in [9.17, 15) is 4.79 Å². The summed E-state index contributed by atoms with van der Waals surface area (Å²) in [7, 11) is 2.17. The number of amides is 1. The molecule has 7 heteroatoms. The maximum atomic E-state index is 12.8. The Hall–Kier alpha value is -2.90. The number of nitrogens with one attached hydrogen (secondary N) is 3. The molecule has 0 aliphatic carbocycles. The highest BCUT2D eigenvalue weighted by molar-refractivity contribution is 6.05. The first-order valence-electron chi connectivity index (χ1n) is 10.7. The van der Waals surface area contributed by atoms with Crippen molar-refractivity contribution in [1.82, 2.24) is 20.2 Å². The van der Waals surface area contributed by atoms with Crippen LogP contribution in [-0.4, -0.2) is 60.5 Å². The van der Waals surface area contributed by atoms with E-state index in [0.717, 1.165) is 49.3 Å². The van der Waals surface area contributed by atoms with Crippen molar-refractivity contribution in [2.24, 2.45) is 0 Å². The van der Waals surface area contributed by atoms with E-state index in [1.807, 2.05) is 30.5 Å². The van der Waals surface area contributed by atoms with Gasteiger partial charge in [-0.1, -0.05) is 6.07 Å². The zero-order valence-electron chi connectivity index (χ0n) is 17.3. The highest BCUT2D eigenvalue weighted by Crippen LogP contribution is 2.32. The molecule has 1 atom stereocenters. The van der Waals surface area contributed by atoms with Crippen LogP contribution in [0.1, 0.15) is 34.9 Å². The first-order chi connectivity index (χ1) is 14.7. The molecule has 0 spiro atoms. The van der Waals surface area contributed by atoms with E-state index >= 15 is 0 Å². The number of benzene rings is 1. The first-order valence-corrected chi connectivity index (χ1v) is 10.7. The minimum atomic E-state index is -0.138. The Kier molecular flexibility index (Phi) is 5.14. The number of pyridine rings is 1. The number of hydrogen-bond donors (Lipinski definition) is 3. The predicted octanol–water partition coefficient (Wildman–Crippen LogP) is 2.99. The molecule has 3 aromatic rings. The number of hydrogen-bond acceptors (Lipinski definition) is 5. The van der Waals surface area contributed by atoms with Crippen molar-refractivity contribution in [2.45, 2.75) is 18.9 Å². The van der Waals surface area contributed by atoms with Crippen molar-refractivity contribution in [2.75, 3.05) is 50.0 Å². The Morgan fingerprint density at radius 2 is 2.03 bits per heavy atom. The average molecular weight is 405 g/mol. The molecule has 1 aromatic carbocycles. The average Bonchev–Trinajstić information content (AvgIpc) is 3.39. The summed E-state index contributed by atoms with van der Waals surface area (Å²) in [6.45, 7) is 4.97. The van der Waals surface area contributed by atoms with Crippen molar-refractivity contribution in [3.8, 4) is 0 Å². The van der Waals surface area contributed by atoms with Gasteiger partial charge in [0, 0.05) is 66.8 Å². The molecule has 0 radical (unpaired) electrons. The number of aromatic amines is 1. The first kappa shape index (κ1) is 19.1. The van der Waals surface area contributed by atoms with Crippen LogP contribution in [0.5, 0.6) is 0 Å². The molecule has 30 heavy (non-hydrogen) atoms. The van der Waals surface area contributed by atoms with Crippen LogP contribution in [0.15, 0.2) is 42.6 Å². The second-order valence-corrected chi connectivity index (χ2v) is 8.26. The summed E-state index contributed by atoms with van der Waals surface area (Å²) >= 11 is 0. The lowest BCUT2D eigenvalue weighted by molar-refractivity contribution is 0.102. The summed E-state index contributed by atoms with van der Waals surface area (Å²) < 4.78 is 0. The minimum Gasteiger partial charge on any atom is -0.369 e. The molecule has 0 unspecified atom stereocenters. The minimum absolute atomic E-state index is 0.138. The SMILES string of the molecule is CN1CCC[C@@H]1c1cc2cnc(NC(=O)c3cccc(N4CCNCC4)c3)cc2[nH]1. The van der Waals surface area contributed by atoms with Gasteiger partial charge in [-0.3, -0.25) is 9.69 Å². The van der Waals surface area contributed by atoms with Crippen LogP contribution in [0.3, 0.4) is 0 Å². The zero-order valence-corrected chi connectivity index (χ0v) is 17.3. The fourth-order valence-electron chi connectivity index (χ4n) is 4.55. The highest BCUT2D eigenvalue weighted by Gasteiger charge is 2.24. The van der Waals surface area contributed by atoms with Crippen LogP contribution in [0, 0.1) is 0 Å². The van der Waals surface area contributed by atoms with Crippen LogP contribution >= 0.6 is 0 Å². The molecule has 5 rings (SSSR count). The molecule has 2 aromatic heterocycles. The Labute approximate surface area is 176 Å². The van der Waals surface area contributed by atoms with E-state index in [-0.39, 0.29) is 5.91 Å². The maximum absolute atomic E-state index is 12.8. The van der Waals surface area contributed by atoms with Gasteiger partial charge in [0.25, 0.3) is 5.91 Å². The van der Waals surface area contributed by atoms with Crippen molar-refractivity contribution < 1.29 is 4.79 Å². The van der Waals surface area contributed by atoms with Crippen molar-refractivity contribution >= 4 is 28.3 Å². The monoisotopic (exact) mass is 404 g/mol. The topological polar surface area (TPSA) is 76.3 Å². The quantitative estimate of drug-likeness (QED) is 0.623. The molecule has 3 N–H and O–H groups in total. The normalized spacial score (nSPS) is 20.0. The van der Waals surface area contributed by atoms with E-state index in [4.69, 9.17) is 0 Å². The van der Waals surface area contributed by atoms with Crippen molar-refractivity contribution in [1.29, 1.82) is 0 Å². The van der Waals surface area contributed by atoms with Gasteiger partial charge in [-0.25, -0.2) is 4.98 Å². The number of carbonyl (C=O) groups excluding carboxylic acids is 1. The van der Waals surface area contributed by atoms with Crippen LogP contribution in [0.4, 0.5) is 11.5 Å². The molecule has 1 amide bonds. The fraction of sp³-hybridized carbons (Fsp3) is 0.391. The van der Waals surface area contributed by atoms with Crippen LogP contribution in [-0.2, 0) is 0 Å². The number of anilines is 2. The van der Waals surface area contributed by atoms with Gasteiger partial charge < -0.3 is 20.5 Å². The summed E-state index contributed by atoms with van der Waals surface area (Å²) in [5, 5.41) is 7.39. The zero-order chi connectivity index (χ0) is 20.5. The Bertz CT molecular complexity index is 1050. The molecule has 156 valence electrons. The lowest BCUT2D eigenvalue weighted by atomic mass is 10.1. The highest BCUT2D eigenvalue weighted by atomic mass is 16.1. The van der Waals surface area contributed by atoms with Gasteiger partial charge in [0.15, 0.2) is 0 Å². The van der Waals surface area contributed by atoms with Gasteiger partial charge in [-0.2, -0.15) is 0 Å². The summed E-state index contributed by atoms with van der Waals surface area (Å²) in [5.74, 6) is 0.425. The molecular formula is C23H28N6O. The number of fused-ring (bicyclic) bond motifs is 1. The van der Waals surface area contributed by atoms with Crippen molar-refractivity contribution in [3.05, 3.63) is 53.9 Å². The Morgan fingerprint density at radius 1 is 1.17 bits per heavy atom. The standard InChI is InChI=1S/C23H28N6O/c1-28-9-3-6-21(28)20-13-17-15-25-22(14-19(17)26-20)27-23(30)16-4-2-5-18(12-16)29-10-7-24-8-11-29/h2,4-5,12-15,21,24,26H,3,6-11H2,1H3,(H,25,27,30)/t21-/m1/s1. The number of carbonyl (C=O) groups is 1. The number of piperazine rings is 1. The molecule has 2 saturated heterocycles. The smallest absolute Gasteiger partial charge is 0.256 e. The van der Waals surface area contributed by atoms with Gasteiger partial charge in [-0.15, -0.1) is 0 Å². The number of likely N-dealkylation sites (tertiary alicyclic amines) is 1. The van der Waals surface area contributed by atoms with Gasteiger partial charge in [0.2, 0.25) is 0 Å². The third-order valence-electron chi connectivity index (χ3n) is 6.24. The van der Waals surface area contributed by atoms with E-state index in [2.05, 4.69) is 49.6 Å². The van der Waals surface area contributed by atoms with Gasteiger partial charge in [0.1, 0.15) is 5.82 Å². The number of nitrogens with zero attached hydrogens (tertiary/aromatic N) is 3. The third-order valence-corrected chi connectivity index (χ3v) is 6.24. The second-order valence-electron chi connectivity index (χ2n) is 8.26. The summed E-state index contributed by atoms with van der Waals surface area (Å²) in [5.41, 5.74) is 3.96. The molecule has 0 bridgehead atoms. The van der Waals surface area contributed by atoms with E-state index in [0.29, 0.717) is 17.4 Å². The second kappa shape index (κ2) is 8.08.